The van der Waals surface area contributed by atoms with Crippen LogP contribution in [0.5, 0.6) is 0 Å². The number of aromatic nitrogens is 3. The molecule has 1 fully saturated rings. The van der Waals surface area contributed by atoms with Gasteiger partial charge in [-0.25, -0.2) is 0 Å². The van der Waals surface area contributed by atoms with Gasteiger partial charge in [0.2, 0.25) is 5.91 Å². The van der Waals surface area contributed by atoms with Crippen LogP contribution < -0.4 is 10.2 Å². The number of hydrogen-bond acceptors (Lipinski definition) is 5. The van der Waals surface area contributed by atoms with Gasteiger partial charge in [0.1, 0.15) is 12.4 Å². The SMILES string of the molecule is CCNc1ccc(N2CCN(C(=O)Cn3cccc3)CC2)nn1. The number of hydrogen-bond donors (Lipinski definition) is 1. The summed E-state index contributed by atoms with van der Waals surface area (Å²) in [7, 11) is 0. The van der Waals surface area contributed by atoms with Gasteiger partial charge in [0.15, 0.2) is 5.82 Å². The van der Waals surface area contributed by atoms with Crippen molar-refractivity contribution in [2.45, 2.75) is 13.5 Å². The van der Waals surface area contributed by atoms with E-state index in [1.165, 1.54) is 0 Å². The van der Waals surface area contributed by atoms with Crippen LogP contribution in [0, 0.1) is 0 Å². The Kier molecular flexibility index (Phi) is 4.75. The Hall–Kier alpha value is -2.57. The monoisotopic (exact) mass is 314 g/mol. The average Bonchev–Trinajstić information content (AvgIpc) is 3.09. The van der Waals surface area contributed by atoms with Crippen molar-refractivity contribution in [2.24, 2.45) is 0 Å². The predicted octanol–water partition coefficient (Wildman–Crippen LogP) is 1.06. The Morgan fingerprint density at radius 3 is 2.48 bits per heavy atom. The summed E-state index contributed by atoms with van der Waals surface area (Å²) in [5, 5.41) is 11.6. The molecule has 0 radical (unpaired) electrons. The molecule has 0 spiro atoms. The summed E-state index contributed by atoms with van der Waals surface area (Å²) in [5.74, 6) is 1.82. The first-order valence-electron chi connectivity index (χ1n) is 7.97. The Bertz CT molecular complexity index is 617. The minimum absolute atomic E-state index is 0.162. The van der Waals surface area contributed by atoms with E-state index in [4.69, 9.17) is 0 Å². The van der Waals surface area contributed by atoms with Gasteiger partial charge < -0.3 is 19.7 Å². The second kappa shape index (κ2) is 7.13. The van der Waals surface area contributed by atoms with E-state index in [0.29, 0.717) is 6.54 Å². The largest absolute Gasteiger partial charge is 0.369 e. The molecule has 0 aliphatic carbocycles. The molecule has 3 heterocycles. The number of nitrogens with zero attached hydrogens (tertiary/aromatic N) is 5. The van der Waals surface area contributed by atoms with Crippen molar-refractivity contribution in [3.05, 3.63) is 36.7 Å². The van der Waals surface area contributed by atoms with Gasteiger partial charge in [0.05, 0.1) is 0 Å². The standard InChI is InChI=1S/C16H22N6O/c1-2-17-14-5-6-15(19-18-14)21-9-11-22(12-10-21)16(23)13-20-7-3-4-8-20/h3-8H,2,9-13H2,1H3,(H,17,18). The second-order valence-electron chi connectivity index (χ2n) is 5.53. The molecule has 1 aliphatic heterocycles. The predicted molar refractivity (Wildman–Crippen MR) is 89.4 cm³/mol. The fraction of sp³-hybridized carbons (Fsp3) is 0.438. The van der Waals surface area contributed by atoms with E-state index in [1.54, 1.807) is 0 Å². The van der Waals surface area contributed by atoms with Gasteiger partial charge in [-0.3, -0.25) is 4.79 Å². The maximum atomic E-state index is 12.3. The quantitative estimate of drug-likeness (QED) is 0.894. The van der Waals surface area contributed by atoms with Crippen molar-refractivity contribution in [2.75, 3.05) is 42.9 Å². The summed E-state index contributed by atoms with van der Waals surface area (Å²) in [5.41, 5.74) is 0. The molecule has 2 aromatic rings. The maximum absolute atomic E-state index is 12.3. The third kappa shape index (κ3) is 3.80. The Balaban J connectivity index is 1.52. The number of amides is 1. The van der Waals surface area contributed by atoms with Crippen LogP contribution in [-0.4, -0.2) is 58.3 Å². The lowest BCUT2D eigenvalue weighted by Gasteiger charge is -2.35. The zero-order chi connectivity index (χ0) is 16.1. The van der Waals surface area contributed by atoms with E-state index < -0.39 is 0 Å². The second-order valence-corrected chi connectivity index (χ2v) is 5.53. The van der Waals surface area contributed by atoms with Crippen molar-refractivity contribution in [3.63, 3.8) is 0 Å². The van der Waals surface area contributed by atoms with Crippen molar-refractivity contribution >= 4 is 17.5 Å². The van der Waals surface area contributed by atoms with Crippen LogP contribution in [-0.2, 0) is 11.3 Å². The highest BCUT2D eigenvalue weighted by atomic mass is 16.2. The first-order valence-corrected chi connectivity index (χ1v) is 7.97. The molecule has 3 rings (SSSR count). The number of anilines is 2. The van der Waals surface area contributed by atoms with Crippen LogP contribution in [0.2, 0.25) is 0 Å². The lowest BCUT2D eigenvalue weighted by Crippen LogP contribution is -2.49. The zero-order valence-corrected chi connectivity index (χ0v) is 13.4. The van der Waals surface area contributed by atoms with Gasteiger partial charge >= 0.3 is 0 Å². The molecule has 122 valence electrons. The molecule has 0 unspecified atom stereocenters. The molecule has 7 nitrogen and oxygen atoms in total. The molecule has 0 atom stereocenters. The Morgan fingerprint density at radius 2 is 1.87 bits per heavy atom. The van der Waals surface area contributed by atoms with Gasteiger partial charge in [-0.1, -0.05) is 0 Å². The van der Waals surface area contributed by atoms with Crippen LogP contribution in [0.25, 0.3) is 0 Å². The molecule has 1 amide bonds. The highest BCUT2D eigenvalue weighted by molar-refractivity contribution is 5.76. The lowest BCUT2D eigenvalue weighted by atomic mass is 10.3. The fourth-order valence-electron chi connectivity index (χ4n) is 2.69. The van der Waals surface area contributed by atoms with Crippen molar-refractivity contribution in [1.82, 2.24) is 19.7 Å². The third-order valence-corrected chi connectivity index (χ3v) is 3.95. The van der Waals surface area contributed by atoms with E-state index in [0.717, 1.165) is 44.4 Å². The normalized spacial score (nSPS) is 14.8. The molecule has 0 saturated carbocycles. The summed E-state index contributed by atoms with van der Waals surface area (Å²) in [4.78, 5) is 16.4. The lowest BCUT2D eigenvalue weighted by molar-refractivity contribution is -0.132. The first kappa shape index (κ1) is 15.3. The Labute approximate surface area is 135 Å². The third-order valence-electron chi connectivity index (χ3n) is 3.95. The smallest absolute Gasteiger partial charge is 0.242 e. The summed E-state index contributed by atoms with van der Waals surface area (Å²) >= 11 is 0. The molecular formula is C16H22N6O. The summed E-state index contributed by atoms with van der Waals surface area (Å²) in [6.07, 6.45) is 3.82. The fourth-order valence-corrected chi connectivity index (χ4v) is 2.69. The molecule has 1 aliphatic rings. The van der Waals surface area contributed by atoms with Crippen molar-refractivity contribution in [1.29, 1.82) is 0 Å². The number of carbonyl (C=O) groups is 1. The van der Waals surface area contributed by atoms with E-state index in [2.05, 4.69) is 20.4 Å². The maximum Gasteiger partial charge on any atom is 0.242 e. The minimum Gasteiger partial charge on any atom is -0.369 e. The minimum atomic E-state index is 0.162. The van der Waals surface area contributed by atoms with Crippen LogP contribution in [0.1, 0.15) is 6.92 Å². The summed E-state index contributed by atoms with van der Waals surface area (Å²) < 4.78 is 1.90. The van der Waals surface area contributed by atoms with Crippen molar-refractivity contribution in [3.8, 4) is 0 Å². The van der Waals surface area contributed by atoms with Crippen LogP contribution in [0.3, 0.4) is 0 Å². The van der Waals surface area contributed by atoms with E-state index in [1.807, 2.05) is 53.0 Å². The van der Waals surface area contributed by atoms with E-state index in [9.17, 15) is 4.79 Å². The summed E-state index contributed by atoms with van der Waals surface area (Å²) in [6, 6.07) is 7.78. The van der Waals surface area contributed by atoms with Crippen LogP contribution in [0.4, 0.5) is 11.6 Å². The first-order chi connectivity index (χ1) is 11.3. The van der Waals surface area contributed by atoms with Gasteiger partial charge in [-0.05, 0) is 31.2 Å². The average molecular weight is 314 g/mol. The molecule has 1 N–H and O–H groups in total. The number of nitrogens with one attached hydrogen (secondary N) is 1. The molecule has 0 aromatic carbocycles. The highest BCUT2D eigenvalue weighted by Crippen LogP contribution is 2.14. The van der Waals surface area contributed by atoms with Gasteiger partial charge in [0.25, 0.3) is 0 Å². The molecule has 0 bridgehead atoms. The number of carbonyl (C=O) groups excluding carboxylic acids is 1. The van der Waals surface area contributed by atoms with Crippen molar-refractivity contribution < 1.29 is 4.79 Å². The van der Waals surface area contributed by atoms with Gasteiger partial charge in [-0.15, -0.1) is 10.2 Å². The van der Waals surface area contributed by atoms with Crippen LogP contribution in [0.15, 0.2) is 36.7 Å². The molecular weight excluding hydrogens is 292 g/mol. The Morgan fingerprint density at radius 1 is 1.13 bits per heavy atom. The summed E-state index contributed by atoms with van der Waals surface area (Å²) in [6.45, 7) is 6.27. The van der Waals surface area contributed by atoms with E-state index in [-0.39, 0.29) is 5.91 Å². The van der Waals surface area contributed by atoms with Crippen LogP contribution >= 0.6 is 0 Å². The molecule has 1 saturated heterocycles. The zero-order valence-electron chi connectivity index (χ0n) is 13.4. The molecule has 7 heteroatoms. The highest BCUT2D eigenvalue weighted by Gasteiger charge is 2.22. The topological polar surface area (TPSA) is 66.3 Å². The number of rotatable bonds is 5. The van der Waals surface area contributed by atoms with E-state index >= 15 is 0 Å². The van der Waals surface area contributed by atoms with Gasteiger partial charge in [0, 0.05) is 45.1 Å². The molecule has 2 aromatic heterocycles. The molecule has 23 heavy (non-hydrogen) atoms. The van der Waals surface area contributed by atoms with Gasteiger partial charge in [-0.2, -0.15) is 0 Å². The number of piperazine rings is 1.